The lowest BCUT2D eigenvalue weighted by Gasteiger charge is -2.06. The summed E-state index contributed by atoms with van der Waals surface area (Å²) >= 11 is 0.873. The molecule has 0 aliphatic rings. The number of carbonyl (C=O) groups is 1. The highest BCUT2D eigenvalue weighted by Crippen LogP contribution is 2.30. The second kappa shape index (κ2) is 4.45. The van der Waals surface area contributed by atoms with Crippen LogP contribution in [0.4, 0.5) is 4.79 Å². The van der Waals surface area contributed by atoms with Crippen LogP contribution >= 0.6 is 12.0 Å². The molecule has 0 heterocycles. The van der Waals surface area contributed by atoms with Crippen molar-refractivity contribution in [2.75, 3.05) is 0 Å². The Hall–Kier alpha value is -1.68. The van der Waals surface area contributed by atoms with Gasteiger partial charge in [0.25, 0.3) is 0 Å². The van der Waals surface area contributed by atoms with Crippen LogP contribution in [0.5, 0.6) is 0 Å². The molecule has 16 heavy (non-hydrogen) atoms. The van der Waals surface area contributed by atoms with Gasteiger partial charge in [-0.3, -0.25) is 0 Å². The predicted octanol–water partition coefficient (Wildman–Crippen LogP) is 3.85. The largest absolute Gasteiger partial charge is 0.518 e. The molecule has 0 radical (unpaired) electrons. The van der Waals surface area contributed by atoms with Crippen molar-refractivity contribution in [2.45, 2.75) is 11.8 Å². The molecule has 0 spiro atoms. The van der Waals surface area contributed by atoms with E-state index in [1.165, 1.54) is 0 Å². The fourth-order valence-electron chi connectivity index (χ4n) is 1.64. The van der Waals surface area contributed by atoms with Gasteiger partial charge in [-0.05, 0) is 23.9 Å². The van der Waals surface area contributed by atoms with Crippen molar-refractivity contribution in [3.05, 3.63) is 42.0 Å². The Morgan fingerprint density at radius 3 is 2.62 bits per heavy atom. The topological polar surface area (TPSA) is 46.5 Å². The van der Waals surface area contributed by atoms with Crippen LogP contribution in [0.3, 0.4) is 0 Å². The second-order valence-corrected chi connectivity index (χ2v) is 4.13. The first-order valence-corrected chi connectivity index (χ1v) is 5.48. The number of hydrogen-bond donors (Lipinski definition) is 1. The summed E-state index contributed by atoms with van der Waals surface area (Å²) in [6.07, 6.45) is -1.28. The standard InChI is InChI=1S/C12H10O3S/c1-8-4-2-5-9-6-3-7-10(11(8)9)16-15-12(13)14/h2-7H,1H3,(H,13,14). The van der Waals surface area contributed by atoms with Crippen LogP contribution in [0.1, 0.15) is 5.56 Å². The van der Waals surface area contributed by atoms with E-state index in [-0.39, 0.29) is 0 Å². The molecule has 0 amide bonds. The number of aryl methyl sites for hydroxylation is 1. The first-order chi connectivity index (χ1) is 7.68. The Morgan fingerprint density at radius 2 is 1.94 bits per heavy atom. The van der Waals surface area contributed by atoms with Crippen molar-refractivity contribution in [1.82, 2.24) is 0 Å². The minimum absolute atomic E-state index is 0.818. The number of rotatable bonds is 2. The summed E-state index contributed by atoms with van der Waals surface area (Å²) in [7, 11) is 0. The number of fused-ring (bicyclic) bond motifs is 1. The molecular formula is C12H10O3S. The third-order valence-electron chi connectivity index (χ3n) is 2.28. The van der Waals surface area contributed by atoms with E-state index in [2.05, 4.69) is 4.18 Å². The van der Waals surface area contributed by atoms with Crippen LogP contribution in [-0.4, -0.2) is 11.3 Å². The van der Waals surface area contributed by atoms with Crippen LogP contribution in [0, 0.1) is 6.92 Å². The van der Waals surface area contributed by atoms with Gasteiger partial charge in [-0.25, -0.2) is 4.79 Å². The Kier molecular flexibility index (Phi) is 3.01. The molecule has 2 aromatic carbocycles. The predicted molar refractivity (Wildman–Crippen MR) is 63.7 cm³/mol. The SMILES string of the molecule is Cc1cccc2cccc(SOC(=O)O)c12. The molecular weight excluding hydrogens is 224 g/mol. The van der Waals surface area contributed by atoms with Gasteiger partial charge in [0.2, 0.25) is 0 Å². The van der Waals surface area contributed by atoms with Gasteiger partial charge in [-0.2, -0.15) is 0 Å². The monoisotopic (exact) mass is 234 g/mol. The van der Waals surface area contributed by atoms with E-state index in [0.29, 0.717) is 0 Å². The molecule has 3 nitrogen and oxygen atoms in total. The maximum Gasteiger partial charge on any atom is 0.518 e. The summed E-state index contributed by atoms with van der Waals surface area (Å²) in [6, 6.07) is 11.7. The molecule has 0 aliphatic heterocycles. The fraction of sp³-hybridized carbons (Fsp3) is 0.0833. The van der Waals surface area contributed by atoms with Crippen molar-refractivity contribution in [3.8, 4) is 0 Å². The lowest BCUT2D eigenvalue weighted by atomic mass is 10.1. The molecule has 0 saturated carbocycles. The summed E-state index contributed by atoms with van der Waals surface area (Å²) in [5.41, 5.74) is 1.11. The molecule has 0 fully saturated rings. The van der Waals surface area contributed by atoms with E-state index in [1.807, 2.05) is 43.3 Å². The summed E-state index contributed by atoms with van der Waals surface area (Å²) < 4.78 is 4.52. The zero-order chi connectivity index (χ0) is 11.5. The van der Waals surface area contributed by atoms with E-state index in [4.69, 9.17) is 5.11 Å². The van der Waals surface area contributed by atoms with Gasteiger partial charge in [0.15, 0.2) is 0 Å². The van der Waals surface area contributed by atoms with Gasteiger partial charge in [0, 0.05) is 5.39 Å². The molecule has 0 aliphatic carbocycles. The van der Waals surface area contributed by atoms with Crippen LogP contribution in [-0.2, 0) is 4.18 Å². The second-order valence-electron chi connectivity index (χ2n) is 3.36. The van der Waals surface area contributed by atoms with Crippen molar-refractivity contribution < 1.29 is 14.1 Å². The average molecular weight is 234 g/mol. The first kappa shape index (κ1) is 10.8. The van der Waals surface area contributed by atoms with E-state index >= 15 is 0 Å². The summed E-state index contributed by atoms with van der Waals surface area (Å²) in [5, 5.41) is 10.6. The van der Waals surface area contributed by atoms with E-state index in [9.17, 15) is 4.79 Å². The Labute approximate surface area is 97.2 Å². The molecule has 0 atom stereocenters. The van der Waals surface area contributed by atoms with Crippen molar-refractivity contribution in [3.63, 3.8) is 0 Å². The quantitative estimate of drug-likeness (QED) is 0.802. The number of hydrogen-bond acceptors (Lipinski definition) is 3. The first-order valence-electron chi connectivity index (χ1n) is 4.74. The summed E-state index contributed by atoms with van der Waals surface area (Å²) in [6.45, 7) is 1.99. The summed E-state index contributed by atoms with van der Waals surface area (Å²) in [4.78, 5) is 11.2. The Morgan fingerprint density at radius 1 is 1.25 bits per heavy atom. The molecule has 0 saturated heterocycles. The molecule has 2 aromatic rings. The third kappa shape index (κ3) is 2.12. The third-order valence-corrected chi connectivity index (χ3v) is 3.02. The lowest BCUT2D eigenvalue weighted by molar-refractivity contribution is 0.153. The molecule has 82 valence electrons. The van der Waals surface area contributed by atoms with Gasteiger partial charge in [-0.1, -0.05) is 30.3 Å². The van der Waals surface area contributed by atoms with E-state index in [0.717, 1.165) is 33.3 Å². The fourth-order valence-corrected chi connectivity index (χ4v) is 2.30. The minimum atomic E-state index is -1.28. The number of benzene rings is 2. The number of carboxylic acid groups (broad SMARTS) is 1. The smallest absolute Gasteiger partial charge is 0.449 e. The molecule has 4 heteroatoms. The van der Waals surface area contributed by atoms with Crippen molar-refractivity contribution >= 4 is 29.0 Å². The average Bonchev–Trinajstić information content (AvgIpc) is 2.26. The molecule has 0 unspecified atom stereocenters. The van der Waals surface area contributed by atoms with E-state index < -0.39 is 6.16 Å². The van der Waals surface area contributed by atoms with Crippen LogP contribution < -0.4 is 0 Å². The van der Waals surface area contributed by atoms with Crippen molar-refractivity contribution in [2.24, 2.45) is 0 Å². The highest BCUT2D eigenvalue weighted by atomic mass is 32.2. The molecule has 0 aromatic heterocycles. The lowest BCUT2D eigenvalue weighted by Crippen LogP contribution is -1.92. The van der Waals surface area contributed by atoms with Gasteiger partial charge in [0.05, 0.1) is 4.90 Å². The van der Waals surface area contributed by atoms with Gasteiger partial charge < -0.3 is 9.29 Å². The van der Waals surface area contributed by atoms with Crippen molar-refractivity contribution in [1.29, 1.82) is 0 Å². The maximum atomic E-state index is 10.4. The molecule has 1 N–H and O–H groups in total. The Balaban J connectivity index is 2.48. The van der Waals surface area contributed by atoms with Gasteiger partial charge in [-0.15, -0.1) is 0 Å². The molecule has 2 rings (SSSR count). The van der Waals surface area contributed by atoms with Crippen LogP contribution in [0.25, 0.3) is 10.8 Å². The van der Waals surface area contributed by atoms with Crippen LogP contribution in [0.15, 0.2) is 41.3 Å². The van der Waals surface area contributed by atoms with Crippen LogP contribution in [0.2, 0.25) is 0 Å². The normalized spacial score (nSPS) is 10.3. The minimum Gasteiger partial charge on any atom is -0.449 e. The Bertz CT molecular complexity index is 532. The zero-order valence-corrected chi connectivity index (χ0v) is 9.45. The molecule has 0 bridgehead atoms. The van der Waals surface area contributed by atoms with Gasteiger partial charge in [0.1, 0.15) is 12.0 Å². The maximum absolute atomic E-state index is 10.4. The van der Waals surface area contributed by atoms with Gasteiger partial charge >= 0.3 is 6.16 Å². The highest BCUT2D eigenvalue weighted by molar-refractivity contribution is 7.95. The highest BCUT2D eigenvalue weighted by Gasteiger charge is 2.07. The van der Waals surface area contributed by atoms with E-state index in [1.54, 1.807) is 0 Å². The summed E-state index contributed by atoms with van der Waals surface area (Å²) in [5.74, 6) is 0. The zero-order valence-electron chi connectivity index (χ0n) is 8.64.